The summed E-state index contributed by atoms with van der Waals surface area (Å²) < 4.78 is 6.66. The van der Waals surface area contributed by atoms with E-state index in [2.05, 4.69) is 6.58 Å². The van der Waals surface area contributed by atoms with Crippen LogP contribution in [0.2, 0.25) is 5.02 Å². The summed E-state index contributed by atoms with van der Waals surface area (Å²) in [6.07, 6.45) is 1.56. The molecule has 7 heteroatoms. The Morgan fingerprint density at radius 2 is 1.90 bits per heavy atom. The predicted octanol–water partition coefficient (Wildman–Crippen LogP) is 4.46. The minimum absolute atomic E-state index is 0.174. The highest BCUT2D eigenvalue weighted by molar-refractivity contribution is 6.33. The Labute approximate surface area is 182 Å². The van der Waals surface area contributed by atoms with Gasteiger partial charge in [0, 0.05) is 24.3 Å². The summed E-state index contributed by atoms with van der Waals surface area (Å²) in [6, 6.07) is 5.92. The predicted molar refractivity (Wildman–Crippen MR) is 117 cm³/mol. The zero-order valence-corrected chi connectivity index (χ0v) is 18.7. The van der Waals surface area contributed by atoms with Crippen molar-refractivity contribution in [2.24, 2.45) is 0 Å². The van der Waals surface area contributed by atoms with Crippen LogP contribution in [0.25, 0.3) is 0 Å². The molecule has 0 fully saturated rings. The van der Waals surface area contributed by atoms with E-state index in [1.54, 1.807) is 55.7 Å². The third-order valence-corrected chi connectivity index (χ3v) is 5.58. The molecule has 0 unspecified atom stereocenters. The summed E-state index contributed by atoms with van der Waals surface area (Å²) in [7, 11) is 1.31. The molecule has 1 aromatic heterocycles. The van der Waals surface area contributed by atoms with Gasteiger partial charge in [-0.25, -0.2) is 4.79 Å². The fourth-order valence-corrected chi connectivity index (χ4v) is 3.93. The second kappa shape index (κ2) is 9.76. The van der Waals surface area contributed by atoms with Crippen molar-refractivity contribution in [2.45, 2.75) is 40.3 Å². The maximum atomic E-state index is 13.5. The van der Waals surface area contributed by atoms with Crippen LogP contribution in [0.15, 0.2) is 36.9 Å². The van der Waals surface area contributed by atoms with Crippen molar-refractivity contribution in [3.05, 3.63) is 70.0 Å². The SMILES string of the molecule is C=CCN(C(=O)c1ccccc1Cl)[C@@H](C)C(=O)c1c(C)c(C(=O)OC)n(CC)c1C. The van der Waals surface area contributed by atoms with Crippen LogP contribution in [0.3, 0.4) is 0 Å². The fourth-order valence-electron chi connectivity index (χ4n) is 3.71. The molecule has 0 saturated carbocycles. The molecule has 1 aromatic carbocycles. The summed E-state index contributed by atoms with van der Waals surface area (Å²) >= 11 is 6.20. The van der Waals surface area contributed by atoms with Gasteiger partial charge in [0.15, 0.2) is 5.78 Å². The van der Waals surface area contributed by atoms with Crippen molar-refractivity contribution >= 4 is 29.3 Å². The van der Waals surface area contributed by atoms with Gasteiger partial charge in [-0.2, -0.15) is 0 Å². The first-order chi connectivity index (χ1) is 14.2. The van der Waals surface area contributed by atoms with Gasteiger partial charge in [0.2, 0.25) is 0 Å². The average Bonchev–Trinajstić information content (AvgIpc) is 2.99. The molecule has 0 N–H and O–H groups in total. The van der Waals surface area contributed by atoms with Gasteiger partial charge in [-0.05, 0) is 45.4 Å². The second-order valence-corrected chi connectivity index (χ2v) is 7.34. The molecule has 30 heavy (non-hydrogen) atoms. The molecule has 0 aliphatic heterocycles. The van der Waals surface area contributed by atoms with E-state index in [1.165, 1.54) is 12.0 Å². The first kappa shape index (κ1) is 23.4. The lowest BCUT2D eigenvalue weighted by atomic mass is 9.99. The molecule has 0 spiro atoms. The van der Waals surface area contributed by atoms with Gasteiger partial charge < -0.3 is 14.2 Å². The van der Waals surface area contributed by atoms with E-state index in [-0.39, 0.29) is 18.2 Å². The lowest BCUT2D eigenvalue weighted by Crippen LogP contribution is -2.43. The Morgan fingerprint density at radius 1 is 1.27 bits per heavy atom. The van der Waals surface area contributed by atoms with Crippen molar-refractivity contribution in [3.63, 3.8) is 0 Å². The van der Waals surface area contributed by atoms with E-state index < -0.39 is 12.0 Å². The minimum atomic E-state index is -0.789. The number of amides is 1. The molecular weight excluding hydrogens is 404 g/mol. The number of esters is 1. The molecule has 2 rings (SSSR count). The van der Waals surface area contributed by atoms with Gasteiger partial charge in [-0.1, -0.05) is 29.8 Å². The van der Waals surface area contributed by atoms with Crippen molar-refractivity contribution < 1.29 is 19.1 Å². The smallest absolute Gasteiger partial charge is 0.354 e. The lowest BCUT2D eigenvalue weighted by molar-refractivity contribution is 0.0587. The van der Waals surface area contributed by atoms with Gasteiger partial charge in [0.25, 0.3) is 5.91 Å². The lowest BCUT2D eigenvalue weighted by Gasteiger charge is -2.28. The standard InChI is InChI=1S/C23H27ClN2O4/c1-7-13-26(22(28)17-11-9-10-12-18(17)24)16(5)21(27)19-14(3)20(23(29)30-6)25(8-2)15(19)4/h7,9-12,16H,1,8,13H2,2-6H3/t16-/m0/s1. The number of benzene rings is 1. The van der Waals surface area contributed by atoms with E-state index in [0.717, 1.165) is 0 Å². The molecule has 0 radical (unpaired) electrons. The number of halogens is 1. The zero-order valence-electron chi connectivity index (χ0n) is 18.0. The quantitative estimate of drug-likeness (QED) is 0.352. The molecule has 0 aliphatic carbocycles. The molecule has 1 atom stereocenters. The molecule has 0 saturated heterocycles. The Bertz CT molecular complexity index is 993. The fraction of sp³-hybridized carbons (Fsp3) is 0.348. The highest BCUT2D eigenvalue weighted by Crippen LogP contribution is 2.26. The normalized spacial score (nSPS) is 11.7. The number of aromatic nitrogens is 1. The summed E-state index contributed by atoms with van der Waals surface area (Å²) in [5.41, 5.74) is 2.29. The third-order valence-electron chi connectivity index (χ3n) is 5.25. The Hall–Kier alpha value is -2.86. The van der Waals surface area contributed by atoms with Gasteiger partial charge >= 0.3 is 5.97 Å². The number of carbonyl (C=O) groups excluding carboxylic acids is 3. The van der Waals surface area contributed by atoms with E-state index in [0.29, 0.717) is 39.6 Å². The van der Waals surface area contributed by atoms with Crippen molar-refractivity contribution in [2.75, 3.05) is 13.7 Å². The van der Waals surface area contributed by atoms with Gasteiger partial charge in [0.1, 0.15) is 5.69 Å². The summed E-state index contributed by atoms with van der Waals surface area (Å²) in [5.74, 6) is -1.12. The first-order valence-corrected chi connectivity index (χ1v) is 10.1. The van der Waals surface area contributed by atoms with Crippen molar-refractivity contribution in [1.29, 1.82) is 0 Å². The number of ether oxygens (including phenoxy) is 1. The summed E-state index contributed by atoms with van der Waals surface area (Å²) in [4.78, 5) is 40.4. The number of hydrogen-bond donors (Lipinski definition) is 0. The number of rotatable bonds is 8. The highest BCUT2D eigenvalue weighted by Gasteiger charge is 2.33. The molecule has 0 aliphatic rings. The minimum Gasteiger partial charge on any atom is -0.464 e. The number of methoxy groups -OCH3 is 1. The van der Waals surface area contributed by atoms with Crippen LogP contribution >= 0.6 is 11.6 Å². The summed E-state index contributed by atoms with van der Waals surface area (Å²) in [6.45, 7) is 11.5. The molecule has 6 nitrogen and oxygen atoms in total. The zero-order chi connectivity index (χ0) is 22.6. The average molecular weight is 431 g/mol. The van der Waals surface area contributed by atoms with Crippen LogP contribution in [0.5, 0.6) is 0 Å². The Morgan fingerprint density at radius 3 is 2.43 bits per heavy atom. The highest BCUT2D eigenvalue weighted by atomic mass is 35.5. The maximum Gasteiger partial charge on any atom is 0.354 e. The second-order valence-electron chi connectivity index (χ2n) is 6.94. The van der Waals surface area contributed by atoms with Crippen LogP contribution in [0.1, 0.15) is 56.3 Å². The molecule has 0 bridgehead atoms. The van der Waals surface area contributed by atoms with Gasteiger partial charge in [0.05, 0.1) is 23.7 Å². The number of Topliss-reactive ketones (excluding diaryl/α,β-unsaturated/α-hetero) is 1. The van der Waals surface area contributed by atoms with Crippen molar-refractivity contribution in [3.8, 4) is 0 Å². The number of hydrogen-bond acceptors (Lipinski definition) is 4. The van der Waals surface area contributed by atoms with Crippen LogP contribution in [-0.2, 0) is 11.3 Å². The molecule has 1 heterocycles. The first-order valence-electron chi connectivity index (χ1n) is 9.69. The Balaban J connectivity index is 2.52. The molecule has 2 aromatic rings. The van der Waals surface area contributed by atoms with Crippen LogP contribution in [0, 0.1) is 13.8 Å². The van der Waals surface area contributed by atoms with E-state index in [4.69, 9.17) is 16.3 Å². The van der Waals surface area contributed by atoms with Crippen LogP contribution in [0.4, 0.5) is 0 Å². The van der Waals surface area contributed by atoms with Gasteiger partial charge in [-0.15, -0.1) is 6.58 Å². The molecule has 160 valence electrons. The van der Waals surface area contributed by atoms with E-state index >= 15 is 0 Å². The number of ketones is 1. The Kier molecular flexibility index (Phi) is 7.62. The topological polar surface area (TPSA) is 68.6 Å². The van der Waals surface area contributed by atoms with Gasteiger partial charge in [-0.3, -0.25) is 9.59 Å². The largest absolute Gasteiger partial charge is 0.464 e. The number of nitrogens with zero attached hydrogens (tertiary/aromatic N) is 2. The molecular formula is C23H27ClN2O4. The van der Waals surface area contributed by atoms with Crippen molar-refractivity contribution in [1.82, 2.24) is 9.47 Å². The third kappa shape index (κ3) is 4.19. The van der Waals surface area contributed by atoms with E-state index in [9.17, 15) is 14.4 Å². The maximum absolute atomic E-state index is 13.5. The van der Waals surface area contributed by atoms with E-state index in [1.807, 2.05) is 6.92 Å². The number of carbonyl (C=O) groups is 3. The van der Waals surface area contributed by atoms with Crippen LogP contribution < -0.4 is 0 Å². The monoisotopic (exact) mass is 430 g/mol. The van der Waals surface area contributed by atoms with Crippen LogP contribution in [-0.4, -0.2) is 46.8 Å². The molecule has 1 amide bonds. The summed E-state index contributed by atoms with van der Waals surface area (Å²) in [5, 5.41) is 0.314.